The summed E-state index contributed by atoms with van der Waals surface area (Å²) in [5.41, 5.74) is 5.99. The zero-order chi connectivity index (χ0) is 15.3. The van der Waals surface area contributed by atoms with Gasteiger partial charge in [0.25, 0.3) is 0 Å². The van der Waals surface area contributed by atoms with Gasteiger partial charge in [0.15, 0.2) is 5.16 Å². The van der Waals surface area contributed by atoms with Crippen molar-refractivity contribution in [3.05, 3.63) is 11.9 Å². The van der Waals surface area contributed by atoms with Crippen LogP contribution >= 0.6 is 11.8 Å². The van der Waals surface area contributed by atoms with E-state index in [4.69, 9.17) is 15.9 Å². The predicted molar refractivity (Wildman–Crippen MR) is 73.7 cm³/mol. The van der Waals surface area contributed by atoms with Gasteiger partial charge in [0, 0.05) is 18.4 Å². The van der Waals surface area contributed by atoms with E-state index in [9.17, 15) is 9.59 Å². The van der Waals surface area contributed by atoms with Crippen molar-refractivity contribution >= 4 is 23.7 Å². The summed E-state index contributed by atoms with van der Waals surface area (Å²) < 4.78 is 0. The molecule has 1 heterocycles. The van der Waals surface area contributed by atoms with Crippen LogP contribution in [0.5, 0.6) is 0 Å². The Balaban J connectivity index is 2.59. The van der Waals surface area contributed by atoms with E-state index < -0.39 is 24.0 Å². The zero-order valence-corrected chi connectivity index (χ0v) is 12.1. The minimum atomic E-state index is -1.07. The van der Waals surface area contributed by atoms with Crippen LogP contribution in [-0.2, 0) is 16.0 Å². The van der Waals surface area contributed by atoms with Gasteiger partial charge in [0.1, 0.15) is 12.1 Å². The van der Waals surface area contributed by atoms with E-state index in [0.717, 1.165) is 0 Å². The monoisotopic (exact) mass is 302 g/mol. The smallest absolute Gasteiger partial charge is 0.321 e. The molecule has 8 nitrogen and oxygen atoms in total. The number of carboxylic acids is 2. The maximum atomic E-state index is 11.1. The number of H-pyrrole nitrogens is 1. The van der Waals surface area contributed by atoms with Gasteiger partial charge in [0.2, 0.25) is 0 Å². The Morgan fingerprint density at radius 2 is 2.10 bits per heavy atom. The Hall–Kier alpha value is -1.58. The van der Waals surface area contributed by atoms with Gasteiger partial charge in [0.05, 0.1) is 5.69 Å². The molecule has 112 valence electrons. The fraction of sp³-hybridized carbons (Fsp3) is 0.545. The number of likely N-dealkylation sites (N-methyl/N-ethyl adjacent to an activating group) is 1. The van der Waals surface area contributed by atoms with E-state index in [-0.39, 0.29) is 12.2 Å². The summed E-state index contributed by atoms with van der Waals surface area (Å²) >= 11 is 1.19. The van der Waals surface area contributed by atoms with Gasteiger partial charge in [-0.15, -0.1) is 0 Å². The molecule has 20 heavy (non-hydrogen) atoms. The lowest BCUT2D eigenvalue weighted by Gasteiger charge is -2.18. The highest BCUT2D eigenvalue weighted by molar-refractivity contribution is 7.99. The predicted octanol–water partition coefficient (Wildman–Crippen LogP) is -0.529. The molecule has 1 aromatic heterocycles. The van der Waals surface area contributed by atoms with Gasteiger partial charge < -0.3 is 20.9 Å². The van der Waals surface area contributed by atoms with Gasteiger partial charge in [-0.3, -0.25) is 14.5 Å². The van der Waals surface area contributed by atoms with Crippen LogP contribution in [0.3, 0.4) is 0 Å². The molecule has 1 rings (SSSR count). The summed E-state index contributed by atoms with van der Waals surface area (Å²) in [6.45, 7) is 0. The molecule has 0 aliphatic rings. The Bertz CT molecular complexity index is 477. The highest BCUT2D eigenvalue weighted by Crippen LogP contribution is 2.15. The fourth-order valence-corrected chi connectivity index (χ4v) is 2.25. The average molecular weight is 302 g/mol. The largest absolute Gasteiger partial charge is 0.480 e. The minimum Gasteiger partial charge on any atom is -0.480 e. The third-order valence-electron chi connectivity index (χ3n) is 2.64. The van der Waals surface area contributed by atoms with E-state index in [1.165, 1.54) is 11.8 Å². The zero-order valence-electron chi connectivity index (χ0n) is 11.2. The number of thioether (sulfide) groups is 1. The molecule has 0 saturated carbocycles. The van der Waals surface area contributed by atoms with Crippen molar-refractivity contribution in [2.24, 2.45) is 5.73 Å². The van der Waals surface area contributed by atoms with Crippen molar-refractivity contribution in [3.63, 3.8) is 0 Å². The van der Waals surface area contributed by atoms with Gasteiger partial charge in [-0.05, 0) is 14.1 Å². The van der Waals surface area contributed by atoms with Crippen molar-refractivity contribution in [1.82, 2.24) is 14.9 Å². The van der Waals surface area contributed by atoms with Gasteiger partial charge in [-0.25, -0.2) is 4.98 Å². The number of hydrogen-bond donors (Lipinski definition) is 4. The molecule has 0 radical (unpaired) electrons. The SMILES string of the molecule is CN(C)C(Cc1c[nH]c(SCC(N)C(=O)O)n1)C(=O)O. The molecule has 0 aliphatic heterocycles. The number of rotatable bonds is 8. The van der Waals surface area contributed by atoms with E-state index >= 15 is 0 Å². The number of nitrogens with one attached hydrogen (secondary N) is 1. The highest BCUT2D eigenvalue weighted by atomic mass is 32.2. The molecule has 5 N–H and O–H groups in total. The number of aromatic amines is 1. The van der Waals surface area contributed by atoms with Crippen molar-refractivity contribution in [1.29, 1.82) is 0 Å². The Morgan fingerprint density at radius 3 is 2.60 bits per heavy atom. The number of imidazole rings is 1. The Kier molecular flexibility index (Phi) is 5.99. The van der Waals surface area contributed by atoms with Crippen molar-refractivity contribution in [2.75, 3.05) is 19.8 Å². The third-order valence-corrected chi connectivity index (χ3v) is 3.64. The lowest BCUT2D eigenvalue weighted by Crippen LogP contribution is -2.37. The summed E-state index contributed by atoms with van der Waals surface area (Å²) in [7, 11) is 3.37. The molecule has 0 bridgehead atoms. The fourth-order valence-electron chi connectivity index (χ4n) is 1.45. The molecule has 2 unspecified atom stereocenters. The Labute approximate surface area is 120 Å². The molecule has 2 atom stereocenters. The first-order valence-electron chi connectivity index (χ1n) is 5.86. The summed E-state index contributed by atoms with van der Waals surface area (Å²) in [6, 6.07) is -1.61. The van der Waals surface area contributed by atoms with Crippen LogP contribution in [0.2, 0.25) is 0 Å². The third kappa shape index (κ3) is 4.83. The number of nitrogens with zero attached hydrogens (tertiary/aromatic N) is 2. The number of carboxylic acid groups (broad SMARTS) is 2. The van der Waals surface area contributed by atoms with Crippen LogP contribution in [0, 0.1) is 0 Å². The van der Waals surface area contributed by atoms with Gasteiger partial charge >= 0.3 is 11.9 Å². The Morgan fingerprint density at radius 1 is 1.45 bits per heavy atom. The lowest BCUT2D eigenvalue weighted by molar-refractivity contribution is -0.142. The number of hydrogen-bond acceptors (Lipinski definition) is 6. The van der Waals surface area contributed by atoms with Crippen LogP contribution in [0.1, 0.15) is 5.69 Å². The maximum absolute atomic E-state index is 11.1. The highest BCUT2D eigenvalue weighted by Gasteiger charge is 2.21. The van der Waals surface area contributed by atoms with Crippen LogP contribution in [0.25, 0.3) is 0 Å². The van der Waals surface area contributed by atoms with Crippen LogP contribution in [0.4, 0.5) is 0 Å². The quantitative estimate of drug-likeness (QED) is 0.471. The van der Waals surface area contributed by atoms with Gasteiger partial charge in [-0.1, -0.05) is 11.8 Å². The first-order valence-corrected chi connectivity index (χ1v) is 6.84. The summed E-state index contributed by atoms with van der Waals surface area (Å²) in [4.78, 5) is 30.3. The topological polar surface area (TPSA) is 133 Å². The second kappa shape index (κ2) is 7.27. The number of aromatic nitrogens is 2. The van der Waals surface area contributed by atoms with E-state index in [0.29, 0.717) is 10.9 Å². The number of nitrogens with two attached hydrogens (primary N) is 1. The van der Waals surface area contributed by atoms with Crippen LogP contribution in [0.15, 0.2) is 11.4 Å². The van der Waals surface area contributed by atoms with Crippen molar-refractivity contribution < 1.29 is 19.8 Å². The second-order valence-corrected chi connectivity index (χ2v) is 5.48. The summed E-state index contributed by atoms with van der Waals surface area (Å²) in [6.07, 6.45) is 1.89. The van der Waals surface area contributed by atoms with E-state index in [1.54, 1.807) is 25.2 Å². The first kappa shape index (κ1) is 16.5. The average Bonchev–Trinajstić information content (AvgIpc) is 2.79. The second-order valence-electron chi connectivity index (χ2n) is 4.47. The number of carbonyl (C=O) groups is 2. The van der Waals surface area contributed by atoms with Crippen LogP contribution < -0.4 is 5.73 Å². The van der Waals surface area contributed by atoms with E-state index in [1.807, 2.05) is 0 Å². The minimum absolute atomic E-state index is 0.193. The molecule has 0 saturated heterocycles. The maximum Gasteiger partial charge on any atom is 0.321 e. The molecule has 9 heteroatoms. The molecular weight excluding hydrogens is 284 g/mol. The lowest BCUT2D eigenvalue weighted by atomic mass is 10.1. The molecule has 0 fully saturated rings. The molecule has 0 spiro atoms. The first-order chi connectivity index (χ1) is 9.31. The molecule has 1 aromatic rings. The van der Waals surface area contributed by atoms with E-state index in [2.05, 4.69) is 9.97 Å². The molecule has 0 aliphatic carbocycles. The molecular formula is C11H18N4O4S. The van der Waals surface area contributed by atoms with Crippen LogP contribution in [-0.4, -0.2) is 69.0 Å². The standard InChI is InChI=1S/C11H18N4O4S/c1-15(2)8(10(18)19)3-6-4-13-11(14-6)20-5-7(12)9(16)17/h4,7-8H,3,5,12H2,1-2H3,(H,13,14)(H,16,17)(H,18,19). The normalized spacial score (nSPS) is 14.2. The summed E-state index contributed by atoms with van der Waals surface area (Å²) in [5, 5.41) is 18.3. The summed E-state index contributed by atoms with van der Waals surface area (Å²) in [5.74, 6) is -1.79. The van der Waals surface area contributed by atoms with Gasteiger partial charge in [-0.2, -0.15) is 0 Å². The van der Waals surface area contributed by atoms with Crippen molar-refractivity contribution in [2.45, 2.75) is 23.7 Å². The molecule has 0 aromatic carbocycles. The van der Waals surface area contributed by atoms with Crippen molar-refractivity contribution in [3.8, 4) is 0 Å². The molecule has 0 amide bonds. The number of aliphatic carboxylic acids is 2.